The van der Waals surface area contributed by atoms with Crippen molar-refractivity contribution in [1.29, 1.82) is 5.41 Å². The van der Waals surface area contributed by atoms with E-state index < -0.39 is 0 Å². The van der Waals surface area contributed by atoms with Gasteiger partial charge < -0.3 is 16.8 Å². The van der Waals surface area contributed by atoms with Gasteiger partial charge in [-0.15, -0.1) is 0 Å². The molecule has 15 heavy (non-hydrogen) atoms. The second-order valence-corrected chi connectivity index (χ2v) is 3.93. The van der Waals surface area contributed by atoms with E-state index in [2.05, 4.69) is 17.2 Å². The van der Waals surface area contributed by atoms with Crippen LogP contribution in [0.3, 0.4) is 0 Å². The number of nitrogens with one attached hydrogen (secondary N) is 2. The Bertz CT molecular complexity index is 288. The Morgan fingerprint density at radius 2 is 2.07 bits per heavy atom. The van der Waals surface area contributed by atoms with Gasteiger partial charge in [-0.05, 0) is 20.3 Å². The highest BCUT2D eigenvalue weighted by Gasteiger charge is 2.19. The number of nitrogens with two attached hydrogens (primary N) is 2. The zero-order chi connectivity index (χ0) is 12.1. The van der Waals surface area contributed by atoms with Crippen molar-refractivity contribution in [2.75, 3.05) is 7.05 Å². The molecular weight excluding hydrogens is 190 g/mol. The first kappa shape index (κ1) is 13.5. The average Bonchev–Trinajstić information content (AvgIpc) is 2.16. The number of rotatable bonds is 4. The lowest BCUT2D eigenvalue weighted by Crippen LogP contribution is -2.45. The van der Waals surface area contributed by atoms with E-state index in [-0.39, 0.29) is 11.4 Å². The predicted octanol–water partition coefficient (Wildman–Crippen LogP) is 0.571. The minimum Gasteiger partial charge on any atom is -0.404 e. The lowest BCUT2D eigenvalue weighted by Gasteiger charge is -2.27. The quantitative estimate of drug-likeness (QED) is 0.404. The molecule has 0 aliphatic carbocycles. The molecule has 0 unspecified atom stereocenters. The van der Waals surface area contributed by atoms with E-state index in [0.717, 1.165) is 6.42 Å². The van der Waals surface area contributed by atoms with E-state index in [1.165, 1.54) is 6.20 Å². The Hall–Kier alpha value is -1.52. The molecule has 0 amide bonds. The van der Waals surface area contributed by atoms with Crippen molar-refractivity contribution in [2.45, 2.75) is 32.7 Å². The summed E-state index contributed by atoms with van der Waals surface area (Å²) in [6.07, 6.45) is 2.23. The standard InChI is InChI=1S/C10H21N5/c1-5-10(2,3)15-9(14-4)7(6-11)8(12)13/h6H,5,11H2,1-4H3,(H3,12,13)(H,14,15). The first-order chi connectivity index (χ1) is 6.87. The summed E-state index contributed by atoms with van der Waals surface area (Å²) in [7, 11) is 1.64. The molecule has 0 saturated heterocycles. The third kappa shape index (κ3) is 4.01. The highest BCUT2D eigenvalue weighted by Crippen LogP contribution is 2.08. The molecule has 5 heteroatoms. The van der Waals surface area contributed by atoms with Crippen LogP contribution in [0.25, 0.3) is 0 Å². The first-order valence-electron chi connectivity index (χ1n) is 4.89. The SMILES string of the molecule is CCC(C)(C)NC(=NC)C(=CN)C(=N)N. The van der Waals surface area contributed by atoms with Crippen LogP contribution in [0, 0.1) is 5.41 Å². The highest BCUT2D eigenvalue weighted by atomic mass is 15.0. The Labute approximate surface area is 91.1 Å². The normalized spacial score (nSPS) is 13.9. The zero-order valence-corrected chi connectivity index (χ0v) is 9.89. The van der Waals surface area contributed by atoms with Gasteiger partial charge in [0.2, 0.25) is 0 Å². The summed E-state index contributed by atoms with van der Waals surface area (Å²) >= 11 is 0. The molecule has 0 aromatic heterocycles. The number of hydrogen-bond donors (Lipinski definition) is 4. The monoisotopic (exact) mass is 211 g/mol. The predicted molar refractivity (Wildman–Crippen MR) is 65.0 cm³/mol. The van der Waals surface area contributed by atoms with Crippen LogP contribution in [0.4, 0.5) is 0 Å². The summed E-state index contributed by atoms with van der Waals surface area (Å²) in [6.45, 7) is 6.17. The topological polar surface area (TPSA) is 100 Å². The Kier molecular flexibility index (Phi) is 4.84. The zero-order valence-electron chi connectivity index (χ0n) is 9.89. The lowest BCUT2D eigenvalue weighted by molar-refractivity contribution is 0.445. The minimum absolute atomic E-state index is 0.0856. The van der Waals surface area contributed by atoms with Crippen molar-refractivity contribution in [3.8, 4) is 0 Å². The smallest absolute Gasteiger partial charge is 0.133 e. The summed E-state index contributed by atoms with van der Waals surface area (Å²) in [5, 5.41) is 10.6. The van der Waals surface area contributed by atoms with Gasteiger partial charge in [0.05, 0.1) is 5.57 Å². The van der Waals surface area contributed by atoms with Crippen molar-refractivity contribution in [1.82, 2.24) is 5.32 Å². The molecule has 0 radical (unpaired) electrons. The van der Waals surface area contributed by atoms with Crippen LogP contribution in [-0.2, 0) is 0 Å². The van der Waals surface area contributed by atoms with Gasteiger partial charge in [-0.1, -0.05) is 6.92 Å². The molecule has 0 spiro atoms. The molecule has 6 N–H and O–H groups in total. The van der Waals surface area contributed by atoms with Crippen molar-refractivity contribution in [2.24, 2.45) is 16.5 Å². The van der Waals surface area contributed by atoms with E-state index in [1.807, 2.05) is 13.8 Å². The molecule has 0 rings (SSSR count). The van der Waals surface area contributed by atoms with Crippen molar-refractivity contribution >= 4 is 11.7 Å². The molecule has 0 aliphatic rings. The van der Waals surface area contributed by atoms with Crippen LogP contribution >= 0.6 is 0 Å². The van der Waals surface area contributed by atoms with Gasteiger partial charge in [-0.25, -0.2) is 0 Å². The van der Waals surface area contributed by atoms with Crippen LogP contribution in [0.2, 0.25) is 0 Å². The number of hydrogen-bond acceptors (Lipinski definition) is 3. The van der Waals surface area contributed by atoms with Gasteiger partial charge in [0.1, 0.15) is 11.7 Å². The van der Waals surface area contributed by atoms with Crippen LogP contribution in [0.5, 0.6) is 0 Å². The Morgan fingerprint density at radius 3 is 2.33 bits per heavy atom. The average molecular weight is 211 g/mol. The van der Waals surface area contributed by atoms with E-state index in [0.29, 0.717) is 11.4 Å². The molecule has 0 bridgehead atoms. The molecule has 0 saturated carbocycles. The summed E-state index contributed by atoms with van der Waals surface area (Å²) in [5.74, 6) is 0.467. The third-order valence-electron chi connectivity index (χ3n) is 2.28. The number of nitrogens with zero attached hydrogens (tertiary/aromatic N) is 1. The lowest BCUT2D eigenvalue weighted by atomic mass is 10.0. The fourth-order valence-corrected chi connectivity index (χ4v) is 0.949. The minimum atomic E-state index is -0.0987. The largest absolute Gasteiger partial charge is 0.404 e. The van der Waals surface area contributed by atoms with Crippen molar-refractivity contribution in [3.05, 3.63) is 11.8 Å². The molecular formula is C10H21N5. The maximum absolute atomic E-state index is 7.36. The summed E-state index contributed by atoms with van der Waals surface area (Å²) in [6, 6.07) is 0. The third-order valence-corrected chi connectivity index (χ3v) is 2.28. The summed E-state index contributed by atoms with van der Waals surface area (Å²) in [4.78, 5) is 4.05. The Morgan fingerprint density at radius 1 is 1.53 bits per heavy atom. The van der Waals surface area contributed by atoms with Crippen LogP contribution in [0.1, 0.15) is 27.2 Å². The summed E-state index contributed by atoms with van der Waals surface area (Å²) < 4.78 is 0. The number of amidine groups is 2. The second kappa shape index (κ2) is 5.38. The molecule has 0 heterocycles. The van der Waals surface area contributed by atoms with Crippen LogP contribution in [-0.4, -0.2) is 24.3 Å². The first-order valence-corrected chi connectivity index (χ1v) is 4.89. The van der Waals surface area contributed by atoms with Gasteiger partial charge in [0.25, 0.3) is 0 Å². The van der Waals surface area contributed by atoms with E-state index in [1.54, 1.807) is 7.05 Å². The van der Waals surface area contributed by atoms with E-state index in [4.69, 9.17) is 16.9 Å². The van der Waals surface area contributed by atoms with Crippen molar-refractivity contribution < 1.29 is 0 Å². The molecule has 0 fully saturated rings. The van der Waals surface area contributed by atoms with Crippen LogP contribution < -0.4 is 16.8 Å². The maximum Gasteiger partial charge on any atom is 0.133 e. The van der Waals surface area contributed by atoms with Crippen LogP contribution in [0.15, 0.2) is 16.8 Å². The molecule has 5 nitrogen and oxygen atoms in total. The van der Waals surface area contributed by atoms with Gasteiger partial charge in [-0.3, -0.25) is 10.4 Å². The highest BCUT2D eigenvalue weighted by molar-refractivity contribution is 6.21. The fourth-order valence-electron chi connectivity index (χ4n) is 0.949. The number of aliphatic imine (C=N–C) groups is 1. The second-order valence-electron chi connectivity index (χ2n) is 3.93. The molecule has 0 aromatic rings. The fraction of sp³-hybridized carbons (Fsp3) is 0.600. The van der Waals surface area contributed by atoms with E-state index >= 15 is 0 Å². The molecule has 0 atom stereocenters. The van der Waals surface area contributed by atoms with Gasteiger partial charge in [-0.2, -0.15) is 0 Å². The molecule has 0 aliphatic heterocycles. The summed E-state index contributed by atoms with van der Waals surface area (Å²) in [5.41, 5.74) is 11.1. The van der Waals surface area contributed by atoms with E-state index in [9.17, 15) is 0 Å². The molecule has 86 valence electrons. The van der Waals surface area contributed by atoms with Crippen molar-refractivity contribution in [3.63, 3.8) is 0 Å². The van der Waals surface area contributed by atoms with Gasteiger partial charge >= 0.3 is 0 Å². The molecule has 0 aromatic carbocycles. The van der Waals surface area contributed by atoms with Gasteiger partial charge in [0, 0.05) is 18.8 Å². The maximum atomic E-state index is 7.36. The van der Waals surface area contributed by atoms with Gasteiger partial charge in [0.15, 0.2) is 0 Å². The Balaban J connectivity index is 4.89.